The van der Waals surface area contributed by atoms with Crippen LogP contribution in [0.1, 0.15) is 38.0 Å². The quantitative estimate of drug-likeness (QED) is 0.350. The maximum atomic E-state index is 12.9. The zero-order valence-corrected chi connectivity index (χ0v) is 18.6. The van der Waals surface area contributed by atoms with Crippen molar-refractivity contribution in [3.63, 3.8) is 0 Å². The molecule has 0 radical (unpaired) electrons. The predicted octanol–water partition coefficient (Wildman–Crippen LogP) is 4.89. The second-order valence-corrected chi connectivity index (χ2v) is 7.33. The summed E-state index contributed by atoms with van der Waals surface area (Å²) in [7, 11) is 0. The molecule has 0 fully saturated rings. The number of fused-ring (bicyclic) bond motifs is 1. The first-order chi connectivity index (χ1) is 16.6. The van der Waals surface area contributed by atoms with Crippen molar-refractivity contribution in [2.24, 2.45) is 0 Å². The lowest BCUT2D eigenvalue weighted by Crippen LogP contribution is -2.17. The van der Waals surface area contributed by atoms with Crippen LogP contribution in [0.4, 0.5) is 0 Å². The number of nitrogens with zero attached hydrogens (tertiary/aromatic N) is 1. The lowest BCUT2D eigenvalue weighted by atomic mass is 10.1. The molecule has 7 heteroatoms. The lowest BCUT2D eigenvalue weighted by molar-refractivity contribution is 0.0475. The van der Waals surface area contributed by atoms with E-state index < -0.39 is 17.9 Å². The molecule has 4 aromatic rings. The highest BCUT2D eigenvalue weighted by Crippen LogP contribution is 2.33. The number of hydrogen-bond donors (Lipinski definition) is 0. The summed E-state index contributed by atoms with van der Waals surface area (Å²) in [4.78, 5) is 38.1. The van der Waals surface area contributed by atoms with E-state index in [1.165, 1.54) is 0 Å². The molecule has 0 aliphatic carbocycles. The van der Waals surface area contributed by atoms with Gasteiger partial charge in [0.2, 0.25) is 5.88 Å². The van der Waals surface area contributed by atoms with E-state index in [-0.39, 0.29) is 31.2 Å². The zero-order valence-electron chi connectivity index (χ0n) is 18.6. The molecular formula is C27H23NO6. The molecule has 34 heavy (non-hydrogen) atoms. The molecule has 1 heterocycles. The molecule has 0 spiro atoms. The molecule has 0 amide bonds. The molecule has 0 unspecified atom stereocenters. The van der Waals surface area contributed by atoms with Gasteiger partial charge < -0.3 is 18.8 Å². The van der Waals surface area contributed by atoms with Crippen LogP contribution in [0.5, 0.6) is 5.88 Å². The van der Waals surface area contributed by atoms with Gasteiger partial charge in [0.25, 0.3) is 0 Å². The number of benzene rings is 3. The van der Waals surface area contributed by atoms with Gasteiger partial charge in [0.15, 0.2) is 0 Å². The van der Waals surface area contributed by atoms with Gasteiger partial charge in [-0.25, -0.2) is 14.4 Å². The Morgan fingerprint density at radius 3 is 1.94 bits per heavy atom. The minimum atomic E-state index is -0.614. The second-order valence-electron chi connectivity index (χ2n) is 7.33. The average molecular weight is 457 g/mol. The SMILES string of the molecule is CCOC(=O)c1c(OC(=O)c2ccccc2)n(CCOC(=O)c2ccccc2)c2ccccc12. The summed E-state index contributed by atoms with van der Waals surface area (Å²) in [5, 5.41) is 0.575. The van der Waals surface area contributed by atoms with Crippen molar-refractivity contribution < 1.29 is 28.6 Å². The fraction of sp³-hybridized carbons (Fsp3) is 0.148. The zero-order chi connectivity index (χ0) is 23.9. The predicted molar refractivity (Wildman–Crippen MR) is 126 cm³/mol. The number of rotatable bonds is 8. The number of hydrogen-bond acceptors (Lipinski definition) is 6. The Hall–Kier alpha value is -4.39. The van der Waals surface area contributed by atoms with Crippen molar-refractivity contribution in [2.45, 2.75) is 13.5 Å². The standard InChI is InChI=1S/C27H23NO6/c1-2-32-27(31)23-21-15-9-10-16-22(21)28(17-18-33-25(29)19-11-5-3-6-12-19)24(23)34-26(30)20-13-7-4-8-14-20/h3-16H,2,17-18H2,1H3. The number of carbonyl (C=O) groups excluding carboxylic acids is 3. The van der Waals surface area contributed by atoms with Crippen molar-refractivity contribution in [3.05, 3.63) is 102 Å². The largest absolute Gasteiger partial charge is 0.462 e. The van der Waals surface area contributed by atoms with E-state index in [4.69, 9.17) is 14.2 Å². The van der Waals surface area contributed by atoms with E-state index in [1.807, 2.05) is 12.1 Å². The minimum absolute atomic E-state index is 0.00452. The van der Waals surface area contributed by atoms with Crippen LogP contribution >= 0.6 is 0 Å². The average Bonchev–Trinajstić information content (AvgIpc) is 3.18. The van der Waals surface area contributed by atoms with Crippen molar-refractivity contribution >= 4 is 28.8 Å². The maximum absolute atomic E-state index is 12.9. The Labute approximate surface area is 196 Å². The van der Waals surface area contributed by atoms with Gasteiger partial charge in [-0.15, -0.1) is 0 Å². The monoisotopic (exact) mass is 457 g/mol. The van der Waals surface area contributed by atoms with Crippen molar-refractivity contribution in [3.8, 4) is 5.88 Å². The van der Waals surface area contributed by atoms with Crippen LogP contribution in [0.25, 0.3) is 10.9 Å². The summed E-state index contributed by atoms with van der Waals surface area (Å²) in [5.74, 6) is -1.64. The van der Waals surface area contributed by atoms with Gasteiger partial charge in [0.1, 0.15) is 12.2 Å². The van der Waals surface area contributed by atoms with Gasteiger partial charge in [-0.05, 0) is 37.3 Å². The van der Waals surface area contributed by atoms with Crippen LogP contribution < -0.4 is 4.74 Å². The summed E-state index contributed by atoms with van der Waals surface area (Å²) in [6, 6.07) is 24.3. The van der Waals surface area contributed by atoms with Gasteiger partial charge >= 0.3 is 17.9 Å². The normalized spacial score (nSPS) is 10.6. The third-order valence-corrected chi connectivity index (χ3v) is 5.16. The topological polar surface area (TPSA) is 83.8 Å². The van der Waals surface area contributed by atoms with Crippen LogP contribution in [0.2, 0.25) is 0 Å². The first-order valence-electron chi connectivity index (χ1n) is 10.9. The molecule has 0 bridgehead atoms. The number of para-hydroxylation sites is 1. The minimum Gasteiger partial charge on any atom is -0.462 e. The molecular weight excluding hydrogens is 434 g/mol. The van der Waals surface area contributed by atoms with Crippen LogP contribution in [-0.4, -0.2) is 35.7 Å². The molecule has 0 N–H and O–H groups in total. The Morgan fingerprint density at radius 2 is 1.29 bits per heavy atom. The van der Waals surface area contributed by atoms with E-state index in [1.54, 1.807) is 84.3 Å². The Kier molecular flexibility index (Phi) is 7.03. The Bertz CT molecular complexity index is 1310. The third-order valence-electron chi connectivity index (χ3n) is 5.16. The van der Waals surface area contributed by atoms with E-state index in [0.29, 0.717) is 22.0 Å². The maximum Gasteiger partial charge on any atom is 0.344 e. The molecule has 1 aromatic heterocycles. The molecule has 172 valence electrons. The van der Waals surface area contributed by atoms with Crippen LogP contribution in [0, 0.1) is 0 Å². The lowest BCUT2D eigenvalue weighted by Gasteiger charge is -2.13. The van der Waals surface area contributed by atoms with E-state index in [2.05, 4.69) is 0 Å². The molecule has 7 nitrogen and oxygen atoms in total. The van der Waals surface area contributed by atoms with E-state index in [9.17, 15) is 14.4 Å². The van der Waals surface area contributed by atoms with Crippen LogP contribution in [0.15, 0.2) is 84.9 Å². The first kappa shape index (κ1) is 22.8. The fourth-order valence-electron chi connectivity index (χ4n) is 3.62. The fourth-order valence-corrected chi connectivity index (χ4v) is 3.62. The van der Waals surface area contributed by atoms with Gasteiger partial charge in [-0.2, -0.15) is 0 Å². The van der Waals surface area contributed by atoms with Crippen molar-refractivity contribution in [2.75, 3.05) is 13.2 Å². The Balaban J connectivity index is 1.69. The number of carbonyl (C=O) groups is 3. The number of aromatic nitrogens is 1. The molecule has 0 atom stereocenters. The smallest absolute Gasteiger partial charge is 0.344 e. The highest BCUT2D eigenvalue weighted by Gasteiger charge is 2.27. The van der Waals surface area contributed by atoms with Crippen molar-refractivity contribution in [1.82, 2.24) is 4.57 Å². The molecule has 0 aliphatic rings. The number of ether oxygens (including phenoxy) is 3. The van der Waals surface area contributed by atoms with Crippen LogP contribution in [0.3, 0.4) is 0 Å². The first-order valence-corrected chi connectivity index (χ1v) is 10.9. The summed E-state index contributed by atoms with van der Waals surface area (Å²) >= 11 is 0. The van der Waals surface area contributed by atoms with E-state index >= 15 is 0 Å². The summed E-state index contributed by atoms with van der Waals surface area (Å²) in [6.45, 7) is 2.04. The van der Waals surface area contributed by atoms with Gasteiger partial charge in [0.05, 0.1) is 29.8 Å². The second kappa shape index (κ2) is 10.5. The van der Waals surface area contributed by atoms with Gasteiger partial charge in [0, 0.05) is 5.39 Å². The molecule has 4 rings (SSSR count). The summed E-state index contributed by atoms with van der Waals surface area (Å²) in [6.07, 6.45) is 0. The van der Waals surface area contributed by atoms with Crippen molar-refractivity contribution in [1.29, 1.82) is 0 Å². The van der Waals surface area contributed by atoms with E-state index in [0.717, 1.165) is 0 Å². The summed E-state index contributed by atoms with van der Waals surface area (Å²) in [5.41, 5.74) is 1.57. The molecule has 0 aliphatic heterocycles. The Morgan fingerprint density at radius 1 is 0.706 bits per heavy atom. The highest BCUT2D eigenvalue weighted by molar-refractivity contribution is 6.08. The highest BCUT2D eigenvalue weighted by atomic mass is 16.6. The van der Waals surface area contributed by atoms with Gasteiger partial charge in [-0.3, -0.25) is 0 Å². The third kappa shape index (κ3) is 4.83. The van der Waals surface area contributed by atoms with Crippen LogP contribution in [-0.2, 0) is 16.0 Å². The molecule has 0 saturated carbocycles. The summed E-state index contributed by atoms with van der Waals surface area (Å²) < 4.78 is 18.1. The number of esters is 3. The van der Waals surface area contributed by atoms with Gasteiger partial charge in [-0.1, -0.05) is 54.6 Å². The molecule has 0 saturated heterocycles. The molecule has 3 aromatic carbocycles.